The molecule has 2 rings (SSSR count). The van der Waals surface area contributed by atoms with Crippen molar-refractivity contribution in [3.05, 3.63) is 26.6 Å². The molecule has 68 valence electrons. The standard InChI is InChI=1S/C10H9IS2/c1-6-8(12-2)5-9-7(10(6)11)3-4-13-9/h3-5H,1-2H3. The number of halogens is 1. The summed E-state index contributed by atoms with van der Waals surface area (Å²) < 4.78 is 2.81. The van der Waals surface area contributed by atoms with Crippen molar-refractivity contribution in [1.82, 2.24) is 0 Å². The summed E-state index contributed by atoms with van der Waals surface area (Å²) in [4.78, 5) is 1.40. The van der Waals surface area contributed by atoms with Crippen LogP contribution in [0.4, 0.5) is 0 Å². The molecule has 0 nitrogen and oxygen atoms in total. The first-order chi connectivity index (χ1) is 6.24. The van der Waals surface area contributed by atoms with Gasteiger partial charge in [0.15, 0.2) is 0 Å². The summed E-state index contributed by atoms with van der Waals surface area (Å²) in [5.74, 6) is 0. The van der Waals surface area contributed by atoms with Gasteiger partial charge in [-0.2, -0.15) is 0 Å². The van der Waals surface area contributed by atoms with Gasteiger partial charge in [0.25, 0.3) is 0 Å². The molecule has 1 aromatic carbocycles. The molecule has 0 saturated carbocycles. The molecule has 0 aliphatic rings. The van der Waals surface area contributed by atoms with E-state index in [2.05, 4.69) is 53.3 Å². The van der Waals surface area contributed by atoms with E-state index >= 15 is 0 Å². The number of hydrogen-bond donors (Lipinski definition) is 0. The maximum absolute atomic E-state index is 2.44. The molecule has 0 bridgehead atoms. The first-order valence-electron chi connectivity index (χ1n) is 3.94. The third-order valence-electron chi connectivity index (χ3n) is 2.11. The molecule has 0 atom stereocenters. The zero-order valence-corrected chi connectivity index (χ0v) is 11.2. The van der Waals surface area contributed by atoms with Crippen molar-refractivity contribution in [2.24, 2.45) is 0 Å². The second-order valence-corrected chi connectivity index (χ2v) is 5.72. The first kappa shape index (κ1) is 9.80. The van der Waals surface area contributed by atoms with Crippen LogP contribution in [0.3, 0.4) is 0 Å². The predicted octanol–water partition coefficient (Wildman–Crippen LogP) is 4.54. The summed E-state index contributed by atoms with van der Waals surface area (Å²) in [6.07, 6.45) is 2.14. The monoisotopic (exact) mass is 320 g/mol. The van der Waals surface area contributed by atoms with Gasteiger partial charge in [-0.1, -0.05) is 0 Å². The number of benzene rings is 1. The van der Waals surface area contributed by atoms with Gasteiger partial charge in [0, 0.05) is 18.6 Å². The van der Waals surface area contributed by atoms with Crippen LogP contribution >= 0.6 is 45.7 Å². The largest absolute Gasteiger partial charge is 0.144 e. The number of thiophene rings is 1. The fourth-order valence-electron chi connectivity index (χ4n) is 1.36. The van der Waals surface area contributed by atoms with Crippen molar-refractivity contribution in [1.29, 1.82) is 0 Å². The zero-order valence-electron chi connectivity index (χ0n) is 7.43. The van der Waals surface area contributed by atoms with Gasteiger partial charge < -0.3 is 0 Å². The van der Waals surface area contributed by atoms with Crippen molar-refractivity contribution in [2.75, 3.05) is 6.26 Å². The Kier molecular flexibility index (Phi) is 2.86. The van der Waals surface area contributed by atoms with Crippen LogP contribution in [0, 0.1) is 10.5 Å². The van der Waals surface area contributed by atoms with Crippen molar-refractivity contribution in [3.8, 4) is 0 Å². The Balaban J connectivity index is 2.83. The average molecular weight is 320 g/mol. The highest BCUT2D eigenvalue weighted by molar-refractivity contribution is 14.1. The minimum absolute atomic E-state index is 1.40. The molecular formula is C10H9IS2. The van der Waals surface area contributed by atoms with Gasteiger partial charge in [-0.15, -0.1) is 23.1 Å². The Bertz CT molecular complexity index is 445. The number of thioether (sulfide) groups is 1. The molecule has 3 heteroatoms. The minimum atomic E-state index is 1.40. The van der Waals surface area contributed by atoms with Gasteiger partial charge in [-0.25, -0.2) is 0 Å². The number of hydrogen-bond acceptors (Lipinski definition) is 2. The third-order valence-corrected chi connectivity index (χ3v) is 5.23. The van der Waals surface area contributed by atoms with E-state index in [1.165, 1.54) is 24.1 Å². The maximum atomic E-state index is 2.44. The van der Waals surface area contributed by atoms with E-state index in [-0.39, 0.29) is 0 Å². The SMILES string of the molecule is CSc1cc2sccc2c(I)c1C. The molecule has 1 aromatic heterocycles. The molecule has 13 heavy (non-hydrogen) atoms. The normalized spacial score (nSPS) is 11.0. The fraction of sp³-hybridized carbons (Fsp3) is 0.200. The molecular weight excluding hydrogens is 311 g/mol. The van der Waals surface area contributed by atoms with Gasteiger partial charge in [0.2, 0.25) is 0 Å². The molecule has 0 N–H and O–H groups in total. The summed E-state index contributed by atoms with van der Waals surface area (Å²) >= 11 is 6.09. The van der Waals surface area contributed by atoms with Crippen LogP contribution in [0.5, 0.6) is 0 Å². The van der Waals surface area contributed by atoms with E-state index in [1.807, 2.05) is 23.1 Å². The highest BCUT2D eigenvalue weighted by Gasteiger charge is 2.07. The molecule has 0 aliphatic heterocycles. The molecule has 1 heterocycles. The zero-order chi connectivity index (χ0) is 9.42. The average Bonchev–Trinajstić information content (AvgIpc) is 2.59. The molecule has 0 aliphatic carbocycles. The Morgan fingerprint density at radius 1 is 1.46 bits per heavy atom. The predicted molar refractivity (Wildman–Crippen MR) is 71.1 cm³/mol. The van der Waals surface area contributed by atoms with Gasteiger partial charge in [-0.05, 0) is 58.8 Å². The van der Waals surface area contributed by atoms with Crippen LogP contribution in [-0.2, 0) is 0 Å². The van der Waals surface area contributed by atoms with Crippen molar-refractivity contribution >= 4 is 55.8 Å². The second-order valence-electron chi connectivity index (χ2n) is 2.85. The molecule has 0 unspecified atom stereocenters. The van der Waals surface area contributed by atoms with E-state index in [9.17, 15) is 0 Å². The van der Waals surface area contributed by atoms with Crippen LogP contribution in [0.15, 0.2) is 22.4 Å². The molecule has 0 radical (unpaired) electrons. The highest BCUT2D eigenvalue weighted by atomic mass is 127. The highest BCUT2D eigenvalue weighted by Crippen LogP contribution is 2.34. The number of fused-ring (bicyclic) bond motifs is 1. The second kappa shape index (κ2) is 3.79. The Labute approximate surface area is 99.9 Å². The molecule has 0 fully saturated rings. The van der Waals surface area contributed by atoms with E-state index in [1.54, 1.807) is 0 Å². The summed E-state index contributed by atoms with van der Waals surface area (Å²) in [6, 6.07) is 4.50. The first-order valence-corrected chi connectivity index (χ1v) is 7.12. The van der Waals surface area contributed by atoms with Crippen LogP contribution in [0.2, 0.25) is 0 Å². The van der Waals surface area contributed by atoms with E-state index in [0.29, 0.717) is 0 Å². The topological polar surface area (TPSA) is 0 Å². The molecule has 0 saturated heterocycles. The Morgan fingerprint density at radius 2 is 2.23 bits per heavy atom. The van der Waals surface area contributed by atoms with Crippen molar-refractivity contribution in [2.45, 2.75) is 11.8 Å². The van der Waals surface area contributed by atoms with Crippen LogP contribution in [0.1, 0.15) is 5.56 Å². The summed E-state index contributed by atoms with van der Waals surface area (Å²) in [7, 11) is 0. The summed E-state index contributed by atoms with van der Waals surface area (Å²) in [5.41, 5.74) is 1.42. The quantitative estimate of drug-likeness (QED) is 0.549. The number of rotatable bonds is 1. The van der Waals surface area contributed by atoms with Gasteiger partial charge in [-0.3, -0.25) is 0 Å². The Hall–Kier alpha value is 0.260. The van der Waals surface area contributed by atoms with Gasteiger partial charge in [0.05, 0.1) is 0 Å². The van der Waals surface area contributed by atoms with Crippen LogP contribution < -0.4 is 0 Å². The summed E-state index contributed by atoms with van der Waals surface area (Å²) in [6.45, 7) is 2.20. The lowest BCUT2D eigenvalue weighted by molar-refractivity contribution is 1.31. The van der Waals surface area contributed by atoms with Crippen molar-refractivity contribution < 1.29 is 0 Å². The van der Waals surface area contributed by atoms with Crippen molar-refractivity contribution in [3.63, 3.8) is 0 Å². The van der Waals surface area contributed by atoms with Gasteiger partial charge in [0.1, 0.15) is 0 Å². The lowest BCUT2D eigenvalue weighted by Gasteiger charge is -2.05. The smallest absolute Gasteiger partial charge is 0.0364 e. The summed E-state index contributed by atoms with van der Waals surface area (Å²) in [5, 5.41) is 3.57. The van der Waals surface area contributed by atoms with E-state index < -0.39 is 0 Å². The van der Waals surface area contributed by atoms with Crippen LogP contribution in [-0.4, -0.2) is 6.26 Å². The van der Waals surface area contributed by atoms with E-state index in [4.69, 9.17) is 0 Å². The van der Waals surface area contributed by atoms with Crippen LogP contribution in [0.25, 0.3) is 10.1 Å². The Morgan fingerprint density at radius 3 is 2.92 bits per heavy atom. The maximum Gasteiger partial charge on any atom is 0.0364 e. The molecule has 0 spiro atoms. The lowest BCUT2D eigenvalue weighted by Crippen LogP contribution is -1.84. The lowest BCUT2D eigenvalue weighted by atomic mass is 10.2. The van der Waals surface area contributed by atoms with E-state index in [0.717, 1.165) is 0 Å². The van der Waals surface area contributed by atoms with Gasteiger partial charge >= 0.3 is 0 Å². The molecule has 2 aromatic rings. The fourth-order valence-corrected chi connectivity index (χ4v) is 4.04. The third kappa shape index (κ3) is 1.62. The minimum Gasteiger partial charge on any atom is -0.144 e. The molecule has 0 amide bonds.